The summed E-state index contributed by atoms with van der Waals surface area (Å²) in [5, 5.41) is 18.1. The highest BCUT2D eigenvalue weighted by Crippen LogP contribution is 1.99. The zero-order valence-corrected chi connectivity index (χ0v) is 9.52. The molecule has 1 atom stereocenters. The number of nitrogens with zero attached hydrogens (tertiary/aromatic N) is 2. The number of ether oxygens (including phenoxy) is 1. The van der Waals surface area contributed by atoms with Crippen molar-refractivity contribution in [1.82, 2.24) is 4.90 Å². The molecule has 0 aromatic rings. The Morgan fingerprint density at radius 2 is 2.27 bits per heavy atom. The van der Waals surface area contributed by atoms with Gasteiger partial charge >= 0.3 is 0 Å². The van der Waals surface area contributed by atoms with E-state index in [9.17, 15) is 5.11 Å². The number of allylic oxidation sites excluding steroid dienone is 1. The van der Waals surface area contributed by atoms with Gasteiger partial charge in [-0.1, -0.05) is 19.9 Å². The highest BCUT2D eigenvalue weighted by Gasteiger charge is 2.12. The Labute approximate surface area is 91.8 Å². The normalized spacial score (nSPS) is 13.0. The van der Waals surface area contributed by atoms with Gasteiger partial charge in [-0.15, -0.1) is 0 Å². The molecule has 0 saturated heterocycles. The van der Waals surface area contributed by atoms with Crippen molar-refractivity contribution < 1.29 is 9.84 Å². The van der Waals surface area contributed by atoms with Gasteiger partial charge in [-0.25, -0.2) is 0 Å². The van der Waals surface area contributed by atoms with Gasteiger partial charge in [-0.2, -0.15) is 5.26 Å². The molecule has 4 nitrogen and oxygen atoms in total. The van der Waals surface area contributed by atoms with Gasteiger partial charge < -0.3 is 9.84 Å². The number of rotatable bonds is 8. The molecule has 0 fully saturated rings. The minimum Gasteiger partial charge on any atom is -0.500 e. The lowest BCUT2D eigenvalue weighted by atomic mass is 10.3. The second-order valence-corrected chi connectivity index (χ2v) is 3.17. The van der Waals surface area contributed by atoms with E-state index in [4.69, 9.17) is 10.00 Å². The average Bonchev–Trinajstić information content (AvgIpc) is 2.26. The van der Waals surface area contributed by atoms with E-state index in [1.807, 2.05) is 26.0 Å². The van der Waals surface area contributed by atoms with Crippen LogP contribution in [-0.2, 0) is 4.74 Å². The summed E-state index contributed by atoms with van der Waals surface area (Å²) in [6.45, 7) is 5.21. The molecule has 0 rings (SSSR count). The maximum Gasteiger partial charge on any atom is 0.108 e. The maximum absolute atomic E-state index is 9.55. The molecule has 15 heavy (non-hydrogen) atoms. The van der Waals surface area contributed by atoms with Crippen LogP contribution in [0.5, 0.6) is 0 Å². The van der Waals surface area contributed by atoms with E-state index in [-0.39, 0.29) is 6.54 Å². The second-order valence-electron chi connectivity index (χ2n) is 3.17. The largest absolute Gasteiger partial charge is 0.500 e. The molecule has 1 N–H and O–H groups in total. The predicted molar refractivity (Wildman–Crippen MR) is 58.9 cm³/mol. The van der Waals surface area contributed by atoms with Crippen molar-refractivity contribution in [3.63, 3.8) is 0 Å². The van der Waals surface area contributed by atoms with Gasteiger partial charge in [0.15, 0.2) is 0 Å². The van der Waals surface area contributed by atoms with E-state index in [0.29, 0.717) is 19.6 Å². The molecule has 86 valence electrons. The number of hydrogen-bond acceptors (Lipinski definition) is 4. The van der Waals surface area contributed by atoms with Crippen LogP contribution < -0.4 is 0 Å². The van der Waals surface area contributed by atoms with Gasteiger partial charge in [-0.3, -0.25) is 4.90 Å². The van der Waals surface area contributed by atoms with Crippen LogP contribution in [0.3, 0.4) is 0 Å². The lowest BCUT2D eigenvalue weighted by Crippen LogP contribution is -2.37. The van der Waals surface area contributed by atoms with E-state index < -0.39 is 6.23 Å². The van der Waals surface area contributed by atoms with Crippen molar-refractivity contribution in [1.29, 1.82) is 5.26 Å². The zero-order chi connectivity index (χ0) is 11.5. The third kappa shape index (κ3) is 6.95. The highest BCUT2D eigenvalue weighted by molar-refractivity contribution is 4.78. The average molecular weight is 212 g/mol. The molecule has 0 aromatic carbocycles. The first-order chi connectivity index (χ1) is 7.26. The standard InChI is InChI=1S/C11H20N2O2/c1-3-5-9-15-10-8-13(7-6-12)11(14)4-2/h5,9,11,14H,3-4,7-8,10H2,1-2H3/b9-5+. The summed E-state index contributed by atoms with van der Waals surface area (Å²) in [6.07, 6.45) is 4.59. The van der Waals surface area contributed by atoms with E-state index in [1.54, 1.807) is 11.2 Å². The molecule has 0 saturated carbocycles. The van der Waals surface area contributed by atoms with Gasteiger partial charge in [0.2, 0.25) is 0 Å². The lowest BCUT2D eigenvalue weighted by Gasteiger charge is -2.23. The molecule has 0 heterocycles. The number of aliphatic hydroxyl groups excluding tert-OH is 1. The van der Waals surface area contributed by atoms with Crippen LogP contribution in [0.25, 0.3) is 0 Å². The number of aliphatic hydroxyl groups is 1. The summed E-state index contributed by atoms with van der Waals surface area (Å²) in [6, 6.07) is 2.03. The quantitative estimate of drug-likeness (QED) is 0.286. The van der Waals surface area contributed by atoms with Crippen molar-refractivity contribution in [2.75, 3.05) is 19.7 Å². The minimum absolute atomic E-state index is 0.232. The van der Waals surface area contributed by atoms with Crippen LogP contribution in [0.2, 0.25) is 0 Å². The zero-order valence-electron chi connectivity index (χ0n) is 9.52. The summed E-state index contributed by atoms with van der Waals surface area (Å²) in [5.41, 5.74) is 0. The molecule has 0 spiro atoms. The van der Waals surface area contributed by atoms with Gasteiger partial charge in [0, 0.05) is 6.54 Å². The van der Waals surface area contributed by atoms with Gasteiger partial charge in [-0.05, 0) is 12.8 Å². The first-order valence-corrected chi connectivity index (χ1v) is 5.31. The summed E-state index contributed by atoms with van der Waals surface area (Å²) in [4.78, 5) is 1.69. The molecule has 0 radical (unpaired) electrons. The molecule has 0 aliphatic rings. The fourth-order valence-corrected chi connectivity index (χ4v) is 1.08. The van der Waals surface area contributed by atoms with E-state index in [1.165, 1.54) is 0 Å². The first kappa shape index (κ1) is 13.9. The first-order valence-electron chi connectivity index (χ1n) is 5.31. The third-order valence-corrected chi connectivity index (χ3v) is 1.98. The van der Waals surface area contributed by atoms with Crippen molar-refractivity contribution in [2.24, 2.45) is 0 Å². The molecule has 0 aliphatic carbocycles. The van der Waals surface area contributed by atoms with Gasteiger partial charge in [0.1, 0.15) is 12.8 Å². The lowest BCUT2D eigenvalue weighted by molar-refractivity contribution is -0.000253. The maximum atomic E-state index is 9.55. The Balaban J connectivity index is 3.76. The van der Waals surface area contributed by atoms with E-state index in [2.05, 4.69) is 0 Å². The molecule has 0 amide bonds. The fraction of sp³-hybridized carbons (Fsp3) is 0.727. The van der Waals surface area contributed by atoms with E-state index in [0.717, 1.165) is 6.42 Å². The van der Waals surface area contributed by atoms with Crippen LogP contribution in [0.15, 0.2) is 12.3 Å². The SMILES string of the molecule is CC/C=C/OCCN(CC#N)C(O)CC. The molecular weight excluding hydrogens is 192 g/mol. The van der Waals surface area contributed by atoms with Crippen molar-refractivity contribution in [3.8, 4) is 6.07 Å². The monoisotopic (exact) mass is 212 g/mol. The number of nitriles is 1. The van der Waals surface area contributed by atoms with Crippen LogP contribution in [0.1, 0.15) is 26.7 Å². The summed E-state index contributed by atoms with van der Waals surface area (Å²) >= 11 is 0. The van der Waals surface area contributed by atoms with Crippen LogP contribution in [0.4, 0.5) is 0 Å². The molecule has 0 bridgehead atoms. The fourth-order valence-electron chi connectivity index (χ4n) is 1.08. The third-order valence-electron chi connectivity index (χ3n) is 1.98. The van der Waals surface area contributed by atoms with Crippen molar-refractivity contribution >= 4 is 0 Å². The minimum atomic E-state index is -0.552. The summed E-state index contributed by atoms with van der Waals surface area (Å²) in [5.74, 6) is 0. The van der Waals surface area contributed by atoms with Crippen molar-refractivity contribution in [2.45, 2.75) is 32.9 Å². The molecule has 0 aromatic heterocycles. The number of hydrogen-bond donors (Lipinski definition) is 1. The molecule has 1 unspecified atom stereocenters. The smallest absolute Gasteiger partial charge is 0.108 e. The summed E-state index contributed by atoms with van der Waals surface area (Å²) in [7, 11) is 0. The topological polar surface area (TPSA) is 56.5 Å². The van der Waals surface area contributed by atoms with Gasteiger partial charge in [0.25, 0.3) is 0 Å². The Morgan fingerprint density at radius 1 is 1.53 bits per heavy atom. The Kier molecular flexibility index (Phi) is 8.84. The summed E-state index contributed by atoms with van der Waals surface area (Å²) < 4.78 is 5.20. The van der Waals surface area contributed by atoms with Gasteiger partial charge in [0.05, 0.1) is 18.9 Å². The molecular formula is C11H20N2O2. The van der Waals surface area contributed by atoms with Crippen molar-refractivity contribution in [3.05, 3.63) is 12.3 Å². The van der Waals surface area contributed by atoms with Crippen LogP contribution in [0, 0.1) is 11.3 Å². The molecule has 0 aliphatic heterocycles. The highest BCUT2D eigenvalue weighted by atomic mass is 16.5. The van der Waals surface area contributed by atoms with E-state index >= 15 is 0 Å². The Hall–Kier alpha value is -1.05. The van der Waals surface area contributed by atoms with Crippen LogP contribution in [-0.4, -0.2) is 35.9 Å². The molecule has 4 heteroatoms. The van der Waals surface area contributed by atoms with Crippen LogP contribution >= 0.6 is 0 Å². The Bertz CT molecular complexity index is 211. The predicted octanol–water partition coefficient (Wildman–Crippen LogP) is 1.48. The Morgan fingerprint density at radius 3 is 2.80 bits per heavy atom. The second kappa shape index (κ2) is 9.50.